The van der Waals surface area contributed by atoms with Crippen LogP contribution in [0.5, 0.6) is 5.75 Å². The summed E-state index contributed by atoms with van der Waals surface area (Å²) in [4.78, 5) is 14.2. The first-order valence-corrected chi connectivity index (χ1v) is 6.56. The zero-order chi connectivity index (χ0) is 15.4. The molecule has 0 saturated carbocycles. The van der Waals surface area contributed by atoms with E-state index in [4.69, 9.17) is 10.6 Å². The van der Waals surface area contributed by atoms with Crippen molar-refractivity contribution in [2.45, 2.75) is 6.92 Å². The van der Waals surface area contributed by atoms with E-state index in [-0.39, 0.29) is 5.91 Å². The second-order valence-electron chi connectivity index (χ2n) is 4.71. The summed E-state index contributed by atoms with van der Waals surface area (Å²) in [6.45, 7) is 1.90. The lowest BCUT2D eigenvalue weighted by atomic mass is 10.1. The average Bonchev–Trinajstić information content (AvgIpc) is 2.53. The fourth-order valence-electron chi connectivity index (χ4n) is 2.17. The Morgan fingerprint density at radius 2 is 1.95 bits per heavy atom. The highest BCUT2D eigenvalue weighted by Gasteiger charge is 2.17. The number of benzene rings is 2. The van der Waals surface area contributed by atoms with Crippen molar-refractivity contribution in [2.75, 3.05) is 24.5 Å². The van der Waals surface area contributed by atoms with Crippen LogP contribution in [0.1, 0.15) is 15.9 Å². The topological polar surface area (TPSA) is 67.6 Å². The van der Waals surface area contributed by atoms with E-state index in [1.807, 2.05) is 37.3 Å². The second-order valence-corrected chi connectivity index (χ2v) is 4.71. The summed E-state index contributed by atoms with van der Waals surface area (Å²) >= 11 is 0. The number of nitrogens with zero attached hydrogens (tertiary/aromatic N) is 1. The SMILES string of the molecule is COc1ccccc1N(C)C(=O)c1ccc(NN)c(C)c1. The number of carbonyl (C=O) groups is 1. The molecule has 2 rings (SSSR count). The van der Waals surface area contributed by atoms with Crippen LogP contribution < -0.4 is 20.9 Å². The van der Waals surface area contributed by atoms with E-state index in [1.54, 1.807) is 31.2 Å². The van der Waals surface area contributed by atoms with Gasteiger partial charge in [-0.05, 0) is 42.8 Å². The zero-order valence-corrected chi connectivity index (χ0v) is 12.4. The highest BCUT2D eigenvalue weighted by molar-refractivity contribution is 6.06. The predicted octanol–water partition coefficient (Wildman–Crippen LogP) is 2.57. The van der Waals surface area contributed by atoms with Gasteiger partial charge in [0.05, 0.1) is 18.5 Å². The molecule has 5 heteroatoms. The largest absolute Gasteiger partial charge is 0.495 e. The van der Waals surface area contributed by atoms with Gasteiger partial charge in [-0.15, -0.1) is 0 Å². The summed E-state index contributed by atoms with van der Waals surface area (Å²) in [5.41, 5.74) is 5.63. The minimum Gasteiger partial charge on any atom is -0.495 e. The Morgan fingerprint density at radius 3 is 2.57 bits per heavy atom. The molecule has 0 bridgehead atoms. The maximum Gasteiger partial charge on any atom is 0.258 e. The number of hydrogen-bond donors (Lipinski definition) is 2. The molecule has 1 amide bonds. The third-order valence-corrected chi connectivity index (χ3v) is 3.38. The fourth-order valence-corrected chi connectivity index (χ4v) is 2.17. The van der Waals surface area contributed by atoms with Gasteiger partial charge in [0.25, 0.3) is 5.91 Å². The number of anilines is 2. The van der Waals surface area contributed by atoms with Crippen molar-refractivity contribution >= 4 is 17.3 Å². The van der Waals surface area contributed by atoms with Gasteiger partial charge in [0.1, 0.15) is 5.75 Å². The van der Waals surface area contributed by atoms with Gasteiger partial charge in [0.15, 0.2) is 0 Å². The molecule has 110 valence electrons. The molecule has 0 radical (unpaired) electrons. The van der Waals surface area contributed by atoms with E-state index in [9.17, 15) is 4.79 Å². The Bertz CT molecular complexity index is 656. The number of rotatable bonds is 4. The molecule has 0 aromatic heterocycles. The standard InChI is InChI=1S/C16H19N3O2/c1-11-10-12(8-9-13(11)18-17)16(20)19(2)14-6-4-5-7-15(14)21-3/h4-10,18H,17H2,1-3H3. The van der Waals surface area contributed by atoms with Gasteiger partial charge in [-0.3, -0.25) is 10.6 Å². The van der Waals surface area contributed by atoms with Gasteiger partial charge in [0, 0.05) is 12.6 Å². The number of nitrogens with two attached hydrogens (primary N) is 1. The van der Waals surface area contributed by atoms with E-state index in [0.717, 1.165) is 16.9 Å². The first kappa shape index (κ1) is 14.9. The number of nitrogen functional groups attached to an aromatic ring is 1. The van der Waals surface area contributed by atoms with Gasteiger partial charge in [0.2, 0.25) is 0 Å². The molecular formula is C16H19N3O2. The van der Waals surface area contributed by atoms with Crippen molar-refractivity contribution in [3.8, 4) is 5.75 Å². The molecule has 0 spiro atoms. The molecule has 0 atom stereocenters. The lowest BCUT2D eigenvalue weighted by Crippen LogP contribution is -2.26. The number of amides is 1. The highest BCUT2D eigenvalue weighted by Crippen LogP contribution is 2.28. The first-order valence-electron chi connectivity index (χ1n) is 6.56. The Morgan fingerprint density at radius 1 is 1.24 bits per heavy atom. The summed E-state index contributed by atoms with van der Waals surface area (Å²) in [6.07, 6.45) is 0. The molecule has 0 heterocycles. The van der Waals surface area contributed by atoms with Crippen LogP contribution in [-0.4, -0.2) is 20.1 Å². The normalized spacial score (nSPS) is 10.1. The zero-order valence-electron chi connectivity index (χ0n) is 12.4. The minimum atomic E-state index is -0.105. The number of methoxy groups -OCH3 is 1. The van der Waals surface area contributed by atoms with Crippen LogP contribution in [0.25, 0.3) is 0 Å². The van der Waals surface area contributed by atoms with E-state index >= 15 is 0 Å². The van der Waals surface area contributed by atoms with Gasteiger partial charge in [-0.25, -0.2) is 0 Å². The number of para-hydroxylation sites is 2. The molecule has 5 nitrogen and oxygen atoms in total. The minimum absolute atomic E-state index is 0.105. The van der Waals surface area contributed by atoms with Crippen LogP contribution in [0.15, 0.2) is 42.5 Å². The first-order chi connectivity index (χ1) is 10.1. The molecule has 0 aliphatic heterocycles. The van der Waals surface area contributed by atoms with Crippen molar-refractivity contribution in [3.05, 3.63) is 53.6 Å². The van der Waals surface area contributed by atoms with Crippen LogP contribution in [0.4, 0.5) is 11.4 Å². The number of carbonyl (C=O) groups excluding carboxylic acids is 1. The van der Waals surface area contributed by atoms with Gasteiger partial charge in [-0.1, -0.05) is 12.1 Å². The number of ether oxygens (including phenoxy) is 1. The summed E-state index contributed by atoms with van der Waals surface area (Å²) in [6, 6.07) is 12.8. The van der Waals surface area contributed by atoms with E-state index in [1.165, 1.54) is 0 Å². The smallest absolute Gasteiger partial charge is 0.258 e. The Balaban J connectivity index is 2.33. The van der Waals surface area contributed by atoms with E-state index in [2.05, 4.69) is 5.43 Å². The molecule has 21 heavy (non-hydrogen) atoms. The maximum atomic E-state index is 12.6. The van der Waals surface area contributed by atoms with Crippen molar-refractivity contribution < 1.29 is 9.53 Å². The van der Waals surface area contributed by atoms with Crippen LogP contribution in [0.3, 0.4) is 0 Å². The van der Waals surface area contributed by atoms with Gasteiger partial charge >= 0.3 is 0 Å². The second kappa shape index (κ2) is 6.28. The summed E-state index contributed by atoms with van der Waals surface area (Å²) in [5.74, 6) is 5.96. The third-order valence-electron chi connectivity index (χ3n) is 3.38. The molecule has 2 aromatic carbocycles. The van der Waals surface area contributed by atoms with Crippen molar-refractivity contribution in [1.82, 2.24) is 0 Å². The quantitative estimate of drug-likeness (QED) is 0.669. The fraction of sp³-hybridized carbons (Fsp3) is 0.188. The lowest BCUT2D eigenvalue weighted by Gasteiger charge is -2.20. The Labute approximate surface area is 124 Å². The highest BCUT2D eigenvalue weighted by atomic mass is 16.5. The summed E-state index contributed by atoms with van der Waals surface area (Å²) < 4.78 is 5.29. The van der Waals surface area contributed by atoms with Crippen LogP contribution >= 0.6 is 0 Å². The number of hydrazine groups is 1. The van der Waals surface area contributed by atoms with E-state index < -0.39 is 0 Å². The van der Waals surface area contributed by atoms with E-state index in [0.29, 0.717) is 11.3 Å². The Kier molecular flexibility index (Phi) is 4.45. The number of nitrogens with one attached hydrogen (secondary N) is 1. The van der Waals surface area contributed by atoms with Crippen molar-refractivity contribution in [1.29, 1.82) is 0 Å². The molecular weight excluding hydrogens is 266 g/mol. The van der Waals surface area contributed by atoms with Crippen LogP contribution in [0.2, 0.25) is 0 Å². The van der Waals surface area contributed by atoms with Crippen molar-refractivity contribution in [2.24, 2.45) is 5.84 Å². The Hall–Kier alpha value is -2.53. The molecule has 2 aromatic rings. The average molecular weight is 285 g/mol. The van der Waals surface area contributed by atoms with Crippen molar-refractivity contribution in [3.63, 3.8) is 0 Å². The number of aryl methyl sites for hydroxylation is 1. The molecule has 0 aliphatic carbocycles. The molecule has 3 N–H and O–H groups in total. The molecule has 0 unspecified atom stereocenters. The summed E-state index contributed by atoms with van der Waals surface area (Å²) in [7, 11) is 3.31. The molecule has 0 aliphatic rings. The molecule has 0 saturated heterocycles. The monoisotopic (exact) mass is 285 g/mol. The summed E-state index contributed by atoms with van der Waals surface area (Å²) in [5, 5.41) is 0. The maximum absolute atomic E-state index is 12.6. The van der Waals surface area contributed by atoms with Crippen LogP contribution in [-0.2, 0) is 0 Å². The molecule has 0 fully saturated rings. The van der Waals surface area contributed by atoms with Gasteiger partial charge < -0.3 is 15.1 Å². The third kappa shape index (κ3) is 2.98. The lowest BCUT2D eigenvalue weighted by molar-refractivity contribution is 0.0992. The van der Waals surface area contributed by atoms with Gasteiger partial charge in [-0.2, -0.15) is 0 Å². The number of hydrogen-bond acceptors (Lipinski definition) is 4. The predicted molar refractivity (Wildman–Crippen MR) is 84.7 cm³/mol. The van der Waals surface area contributed by atoms with Crippen LogP contribution in [0, 0.1) is 6.92 Å².